The standard InChI is InChI=1S/C12H12FN3O4S2/c1-7(20-9-6-4-3-5-8(9)13)10(17)14-11-15-16-12(21-11)22(2,18)19/h3-7H,1-2H3,(H,14,15,17)/t7-/m1/s1. The molecule has 0 saturated heterocycles. The molecular formula is C12H12FN3O4S2. The number of amides is 1. The lowest BCUT2D eigenvalue weighted by Gasteiger charge is -2.13. The zero-order valence-corrected chi connectivity index (χ0v) is 13.2. The van der Waals surface area contributed by atoms with E-state index in [1.165, 1.54) is 25.1 Å². The number of sulfone groups is 1. The van der Waals surface area contributed by atoms with Crippen LogP contribution in [0, 0.1) is 5.82 Å². The molecule has 0 bridgehead atoms. The van der Waals surface area contributed by atoms with Gasteiger partial charge >= 0.3 is 0 Å². The van der Waals surface area contributed by atoms with Crippen molar-refractivity contribution in [2.24, 2.45) is 0 Å². The molecule has 0 radical (unpaired) electrons. The minimum absolute atomic E-state index is 0.0226. The number of nitrogens with one attached hydrogen (secondary N) is 1. The number of para-hydroxylation sites is 1. The molecule has 0 aliphatic heterocycles. The van der Waals surface area contributed by atoms with Gasteiger partial charge in [0.15, 0.2) is 17.7 Å². The summed E-state index contributed by atoms with van der Waals surface area (Å²) in [5.74, 6) is -1.24. The SMILES string of the molecule is C[C@@H](Oc1ccccc1F)C(=O)Nc1nnc(S(C)(=O)=O)s1. The Morgan fingerprint density at radius 2 is 2.05 bits per heavy atom. The molecule has 0 fully saturated rings. The van der Waals surface area contributed by atoms with Crippen LogP contribution in [-0.2, 0) is 14.6 Å². The molecule has 2 aromatic rings. The van der Waals surface area contributed by atoms with Gasteiger partial charge in [0.25, 0.3) is 5.91 Å². The number of carbonyl (C=O) groups excluding carboxylic acids is 1. The quantitative estimate of drug-likeness (QED) is 0.825. The summed E-state index contributed by atoms with van der Waals surface area (Å²) in [6, 6.07) is 5.68. The van der Waals surface area contributed by atoms with E-state index in [9.17, 15) is 17.6 Å². The summed E-state index contributed by atoms with van der Waals surface area (Å²) in [5.41, 5.74) is 0. The molecule has 7 nitrogen and oxygen atoms in total. The van der Waals surface area contributed by atoms with E-state index in [1.807, 2.05) is 0 Å². The summed E-state index contributed by atoms with van der Waals surface area (Å²) < 4.78 is 41.0. The molecule has 1 amide bonds. The second-order valence-corrected chi connectivity index (χ2v) is 7.49. The Labute approximate surface area is 130 Å². The Balaban J connectivity index is 2.03. The van der Waals surface area contributed by atoms with Crippen LogP contribution in [-0.4, -0.2) is 36.9 Å². The fraction of sp³-hybridized carbons (Fsp3) is 0.250. The molecule has 10 heteroatoms. The Bertz CT molecular complexity index is 791. The fourth-order valence-corrected chi connectivity index (χ4v) is 2.91. The van der Waals surface area contributed by atoms with E-state index in [0.717, 1.165) is 17.6 Å². The second kappa shape index (κ2) is 6.36. The highest BCUT2D eigenvalue weighted by molar-refractivity contribution is 7.92. The third-order valence-electron chi connectivity index (χ3n) is 2.46. The summed E-state index contributed by atoms with van der Waals surface area (Å²) in [6.07, 6.45) is -0.00858. The van der Waals surface area contributed by atoms with Crippen LogP contribution in [0.25, 0.3) is 0 Å². The van der Waals surface area contributed by atoms with Crippen LogP contribution in [0.1, 0.15) is 6.92 Å². The zero-order valence-electron chi connectivity index (χ0n) is 11.6. The van der Waals surface area contributed by atoms with Crippen molar-refractivity contribution in [1.82, 2.24) is 10.2 Å². The number of hydrogen-bond donors (Lipinski definition) is 1. The van der Waals surface area contributed by atoms with Gasteiger partial charge in [0, 0.05) is 6.26 Å². The van der Waals surface area contributed by atoms with Gasteiger partial charge in [-0.2, -0.15) is 0 Å². The highest BCUT2D eigenvalue weighted by Crippen LogP contribution is 2.21. The van der Waals surface area contributed by atoms with Crippen LogP contribution in [0.15, 0.2) is 28.6 Å². The summed E-state index contributed by atoms with van der Waals surface area (Å²) in [7, 11) is -3.48. The average molecular weight is 345 g/mol. The van der Waals surface area contributed by atoms with Gasteiger partial charge in [-0.05, 0) is 19.1 Å². The number of hydrogen-bond acceptors (Lipinski definition) is 7. The molecule has 118 valence electrons. The highest BCUT2D eigenvalue weighted by Gasteiger charge is 2.20. The van der Waals surface area contributed by atoms with Gasteiger partial charge in [0.1, 0.15) is 0 Å². The average Bonchev–Trinajstić information content (AvgIpc) is 2.89. The van der Waals surface area contributed by atoms with Crippen molar-refractivity contribution >= 4 is 32.2 Å². The number of ether oxygens (including phenoxy) is 1. The lowest BCUT2D eigenvalue weighted by atomic mass is 10.3. The van der Waals surface area contributed by atoms with Gasteiger partial charge in [-0.25, -0.2) is 12.8 Å². The van der Waals surface area contributed by atoms with Crippen LogP contribution < -0.4 is 10.1 Å². The number of anilines is 1. The van der Waals surface area contributed by atoms with Crippen LogP contribution in [0.4, 0.5) is 9.52 Å². The molecule has 1 N–H and O–H groups in total. The van der Waals surface area contributed by atoms with Crippen LogP contribution in [0.5, 0.6) is 5.75 Å². The lowest BCUT2D eigenvalue weighted by molar-refractivity contribution is -0.122. The van der Waals surface area contributed by atoms with Crippen LogP contribution in [0.2, 0.25) is 0 Å². The lowest BCUT2D eigenvalue weighted by Crippen LogP contribution is -2.30. The van der Waals surface area contributed by atoms with Gasteiger partial charge in [-0.3, -0.25) is 10.1 Å². The second-order valence-electron chi connectivity index (χ2n) is 4.33. The number of carbonyl (C=O) groups is 1. The molecule has 2 rings (SSSR count). The Morgan fingerprint density at radius 1 is 1.36 bits per heavy atom. The molecule has 0 spiro atoms. The van der Waals surface area contributed by atoms with Crippen molar-refractivity contribution in [3.05, 3.63) is 30.1 Å². The first kappa shape index (κ1) is 16.3. The van der Waals surface area contributed by atoms with E-state index in [-0.39, 0.29) is 15.2 Å². The number of aromatic nitrogens is 2. The zero-order chi connectivity index (χ0) is 16.3. The first-order valence-electron chi connectivity index (χ1n) is 6.03. The van der Waals surface area contributed by atoms with Gasteiger partial charge in [0.2, 0.25) is 19.3 Å². The largest absolute Gasteiger partial charge is 0.478 e. The predicted molar refractivity (Wildman–Crippen MR) is 78.1 cm³/mol. The minimum atomic E-state index is -3.48. The topological polar surface area (TPSA) is 98.2 Å². The number of rotatable bonds is 5. The summed E-state index contributed by atoms with van der Waals surface area (Å²) in [4.78, 5) is 11.9. The Hall–Kier alpha value is -2.07. The Kier molecular flexibility index (Phi) is 4.71. The maximum Gasteiger partial charge on any atom is 0.266 e. The molecule has 1 heterocycles. The number of halogens is 1. The van der Waals surface area contributed by atoms with Crippen molar-refractivity contribution in [2.75, 3.05) is 11.6 Å². The summed E-state index contributed by atoms with van der Waals surface area (Å²) in [6.45, 7) is 1.43. The molecule has 0 aliphatic carbocycles. The summed E-state index contributed by atoms with van der Waals surface area (Å²) >= 11 is 0.723. The van der Waals surface area contributed by atoms with Crippen molar-refractivity contribution in [1.29, 1.82) is 0 Å². The van der Waals surface area contributed by atoms with Gasteiger partial charge in [-0.15, -0.1) is 10.2 Å². The first-order valence-corrected chi connectivity index (χ1v) is 8.74. The summed E-state index contributed by atoms with van der Waals surface area (Å²) in [5, 5.41) is 9.41. The van der Waals surface area contributed by atoms with Gasteiger partial charge < -0.3 is 4.74 Å². The van der Waals surface area contributed by atoms with Gasteiger partial charge in [0.05, 0.1) is 0 Å². The fourth-order valence-electron chi connectivity index (χ4n) is 1.40. The normalized spacial score (nSPS) is 12.7. The third kappa shape index (κ3) is 3.98. The smallest absolute Gasteiger partial charge is 0.266 e. The maximum atomic E-state index is 13.4. The molecule has 1 aromatic carbocycles. The van der Waals surface area contributed by atoms with E-state index in [4.69, 9.17) is 4.74 Å². The van der Waals surface area contributed by atoms with Crippen LogP contribution >= 0.6 is 11.3 Å². The molecule has 1 atom stereocenters. The van der Waals surface area contributed by atoms with E-state index in [1.54, 1.807) is 6.07 Å². The molecule has 1 aromatic heterocycles. The minimum Gasteiger partial charge on any atom is -0.478 e. The van der Waals surface area contributed by atoms with E-state index < -0.39 is 27.7 Å². The monoisotopic (exact) mass is 345 g/mol. The van der Waals surface area contributed by atoms with Crippen molar-refractivity contribution in [2.45, 2.75) is 17.4 Å². The first-order chi connectivity index (χ1) is 10.3. The number of nitrogens with zero attached hydrogens (tertiary/aromatic N) is 2. The molecule has 0 saturated carbocycles. The molecule has 0 aliphatic rings. The van der Waals surface area contributed by atoms with E-state index in [2.05, 4.69) is 15.5 Å². The highest BCUT2D eigenvalue weighted by atomic mass is 32.2. The molecular weight excluding hydrogens is 333 g/mol. The van der Waals surface area contributed by atoms with Crippen molar-refractivity contribution in [3.8, 4) is 5.75 Å². The van der Waals surface area contributed by atoms with Crippen LogP contribution in [0.3, 0.4) is 0 Å². The molecule has 22 heavy (non-hydrogen) atoms. The maximum absolute atomic E-state index is 13.4. The molecule has 0 unspecified atom stereocenters. The van der Waals surface area contributed by atoms with Crippen molar-refractivity contribution in [3.63, 3.8) is 0 Å². The number of benzene rings is 1. The van der Waals surface area contributed by atoms with E-state index >= 15 is 0 Å². The van der Waals surface area contributed by atoms with Crippen molar-refractivity contribution < 1.29 is 22.3 Å². The van der Waals surface area contributed by atoms with Gasteiger partial charge in [-0.1, -0.05) is 23.5 Å². The predicted octanol–water partition coefficient (Wildman–Crippen LogP) is 1.49. The third-order valence-corrected chi connectivity index (χ3v) is 4.97. The van der Waals surface area contributed by atoms with E-state index in [0.29, 0.717) is 0 Å². The Morgan fingerprint density at radius 3 is 2.64 bits per heavy atom.